The van der Waals surface area contributed by atoms with Crippen molar-refractivity contribution in [3.8, 4) is 5.75 Å². The molecule has 1 aliphatic rings. The van der Waals surface area contributed by atoms with Gasteiger partial charge in [0.2, 0.25) is 5.91 Å². The third kappa shape index (κ3) is 3.79. The van der Waals surface area contributed by atoms with E-state index in [1.165, 1.54) is 6.26 Å². The lowest BCUT2D eigenvalue weighted by Crippen LogP contribution is -2.35. The zero-order chi connectivity index (χ0) is 17.1. The van der Waals surface area contributed by atoms with E-state index in [1.54, 1.807) is 19.2 Å². The highest BCUT2D eigenvalue weighted by Crippen LogP contribution is 2.48. The Balaban J connectivity index is 1.51. The number of carbonyl (C=O) groups excluding carboxylic acids is 1. The van der Waals surface area contributed by atoms with Crippen LogP contribution >= 0.6 is 0 Å². The molecule has 0 aliphatic heterocycles. The Hall–Kier alpha value is -2.27. The Morgan fingerprint density at radius 2 is 2.25 bits per heavy atom. The van der Waals surface area contributed by atoms with Gasteiger partial charge in [-0.15, -0.1) is 0 Å². The molecule has 3 rings (SSSR count). The summed E-state index contributed by atoms with van der Waals surface area (Å²) in [7, 11) is 1.64. The molecule has 4 unspecified atom stereocenters. The highest BCUT2D eigenvalue weighted by molar-refractivity contribution is 5.83. The maximum atomic E-state index is 12.4. The Morgan fingerprint density at radius 1 is 1.42 bits per heavy atom. The van der Waals surface area contributed by atoms with Crippen molar-refractivity contribution >= 4 is 5.91 Å². The number of nitrogens with one attached hydrogen (secondary N) is 1. The first kappa shape index (κ1) is 16.6. The fraction of sp³-hybridized carbons (Fsp3) is 0.421. The molecule has 0 saturated heterocycles. The van der Waals surface area contributed by atoms with Crippen molar-refractivity contribution in [2.24, 2.45) is 5.92 Å². The number of amides is 1. The van der Waals surface area contributed by atoms with Gasteiger partial charge in [0.05, 0.1) is 13.4 Å². The summed E-state index contributed by atoms with van der Waals surface area (Å²) in [5.41, 5.74) is 1.14. The van der Waals surface area contributed by atoms with Gasteiger partial charge in [-0.3, -0.25) is 4.79 Å². The van der Waals surface area contributed by atoms with Crippen molar-refractivity contribution in [3.05, 3.63) is 54.0 Å². The first-order chi connectivity index (χ1) is 11.6. The minimum atomic E-state index is -0.705. The van der Waals surface area contributed by atoms with Crippen LogP contribution in [-0.2, 0) is 4.79 Å². The summed E-state index contributed by atoms with van der Waals surface area (Å²) in [6.07, 6.45) is 2.11. The third-order valence-corrected chi connectivity index (χ3v) is 4.49. The summed E-state index contributed by atoms with van der Waals surface area (Å²) in [6.45, 7) is 1.90. The second kappa shape index (κ2) is 7.09. The first-order valence-corrected chi connectivity index (χ1v) is 8.24. The molecule has 0 spiro atoms. The number of ether oxygens (including phenoxy) is 1. The van der Waals surface area contributed by atoms with Gasteiger partial charge in [-0.1, -0.05) is 12.1 Å². The molecule has 1 aliphatic carbocycles. The van der Waals surface area contributed by atoms with Crippen molar-refractivity contribution in [1.82, 2.24) is 5.32 Å². The molecule has 1 amide bonds. The van der Waals surface area contributed by atoms with Gasteiger partial charge in [-0.2, -0.15) is 0 Å². The van der Waals surface area contributed by atoms with Gasteiger partial charge in [-0.05, 0) is 49.1 Å². The smallest absolute Gasteiger partial charge is 0.223 e. The van der Waals surface area contributed by atoms with Crippen LogP contribution in [0.3, 0.4) is 0 Å². The van der Waals surface area contributed by atoms with E-state index in [9.17, 15) is 9.90 Å². The van der Waals surface area contributed by atoms with E-state index in [0.29, 0.717) is 12.2 Å². The van der Waals surface area contributed by atoms with E-state index in [2.05, 4.69) is 5.32 Å². The van der Waals surface area contributed by atoms with Crippen molar-refractivity contribution in [1.29, 1.82) is 0 Å². The molecule has 1 fully saturated rings. The standard InChI is InChI=1S/C19H23NO4/c1-12(9-17(21)18-7-4-8-24-18)20-19(22)16-11-15(16)13-5-3-6-14(10-13)23-2/h3-8,10,12,15-17,21H,9,11H2,1-2H3,(H,20,22). The summed E-state index contributed by atoms with van der Waals surface area (Å²) in [5.74, 6) is 1.63. The summed E-state index contributed by atoms with van der Waals surface area (Å²) < 4.78 is 10.4. The molecule has 24 heavy (non-hydrogen) atoms. The van der Waals surface area contributed by atoms with Crippen LogP contribution in [0, 0.1) is 5.92 Å². The number of aliphatic hydroxyl groups excluding tert-OH is 1. The Bertz CT molecular complexity index is 682. The third-order valence-electron chi connectivity index (χ3n) is 4.49. The zero-order valence-electron chi connectivity index (χ0n) is 13.9. The highest BCUT2D eigenvalue weighted by atomic mass is 16.5. The number of hydrogen-bond acceptors (Lipinski definition) is 4. The van der Waals surface area contributed by atoms with Crippen LogP contribution in [0.1, 0.15) is 43.1 Å². The topological polar surface area (TPSA) is 71.7 Å². The number of rotatable bonds is 7. The van der Waals surface area contributed by atoms with Crippen LogP contribution in [0.25, 0.3) is 0 Å². The molecule has 0 bridgehead atoms. The number of methoxy groups -OCH3 is 1. The molecule has 1 aromatic carbocycles. The second-order valence-corrected chi connectivity index (χ2v) is 6.40. The van der Waals surface area contributed by atoms with Crippen molar-refractivity contribution in [2.75, 3.05) is 7.11 Å². The average molecular weight is 329 g/mol. The van der Waals surface area contributed by atoms with E-state index in [0.717, 1.165) is 17.7 Å². The van der Waals surface area contributed by atoms with Crippen LogP contribution in [-0.4, -0.2) is 24.2 Å². The molecule has 5 nitrogen and oxygen atoms in total. The van der Waals surface area contributed by atoms with Crippen LogP contribution in [0.5, 0.6) is 5.75 Å². The van der Waals surface area contributed by atoms with E-state index in [1.807, 2.05) is 31.2 Å². The predicted octanol–water partition coefficient (Wildman–Crippen LogP) is 3.02. The Kier molecular flexibility index (Phi) is 4.90. The van der Waals surface area contributed by atoms with Crippen molar-refractivity contribution in [3.63, 3.8) is 0 Å². The fourth-order valence-electron chi connectivity index (χ4n) is 3.07. The summed E-state index contributed by atoms with van der Waals surface area (Å²) in [4.78, 5) is 12.4. The quantitative estimate of drug-likeness (QED) is 0.819. The normalized spacial score (nSPS) is 21.8. The molecular formula is C19H23NO4. The first-order valence-electron chi connectivity index (χ1n) is 8.24. The lowest BCUT2D eigenvalue weighted by Gasteiger charge is -2.16. The molecule has 0 radical (unpaired) electrons. The van der Waals surface area contributed by atoms with Crippen molar-refractivity contribution < 1.29 is 19.1 Å². The van der Waals surface area contributed by atoms with Gasteiger partial charge < -0.3 is 19.6 Å². The highest BCUT2D eigenvalue weighted by Gasteiger charge is 2.44. The van der Waals surface area contributed by atoms with Gasteiger partial charge in [0, 0.05) is 18.4 Å². The SMILES string of the molecule is COc1cccc(C2CC2C(=O)NC(C)CC(O)c2ccco2)c1. The maximum Gasteiger partial charge on any atom is 0.223 e. The molecule has 4 atom stereocenters. The summed E-state index contributed by atoms with van der Waals surface area (Å²) in [6, 6.07) is 11.2. The molecule has 1 heterocycles. The average Bonchev–Trinajstić information content (AvgIpc) is 3.19. The van der Waals surface area contributed by atoms with Gasteiger partial charge >= 0.3 is 0 Å². The largest absolute Gasteiger partial charge is 0.497 e. The molecule has 128 valence electrons. The van der Waals surface area contributed by atoms with Gasteiger partial charge in [0.15, 0.2) is 0 Å². The lowest BCUT2D eigenvalue weighted by atomic mass is 10.1. The molecule has 2 N–H and O–H groups in total. The molecule has 2 aromatic rings. The van der Waals surface area contributed by atoms with Crippen LogP contribution in [0.15, 0.2) is 47.1 Å². The maximum absolute atomic E-state index is 12.4. The van der Waals surface area contributed by atoms with Crippen LogP contribution < -0.4 is 10.1 Å². The molecule has 5 heteroatoms. The van der Waals surface area contributed by atoms with Gasteiger partial charge in [-0.25, -0.2) is 0 Å². The van der Waals surface area contributed by atoms with Gasteiger partial charge in [0.1, 0.15) is 17.6 Å². The zero-order valence-corrected chi connectivity index (χ0v) is 13.9. The van der Waals surface area contributed by atoms with Crippen LogP contribution in [0.2, 0.25) is 0 Å². The second-order valence-electron chi connectivity index (χ2n) is 6.40. The fourth-order valence-corrected chi connectivity index (χ4v) is 3.07. The molecule has 1 saturated carbocycles. The van der Waals surface area contributed by atoms with Crippen LogP contribution in [0.4, 0.5) is 0 Å². The minimum absolute atomic E-state index is 0.000289. The van der Waals surface area contributed by atoms with E-state index < -0.39 is 6.10 Å². The summed E-state index contributed by atoms with van der Waals surface area (Å²) in [5, 5.41) is 13.1. The molecular weight excluding hydrogens is 306 g/mol. The Morgan fingerprint density at radius 3 is 2.96 bits per heavy atom. The van der Waals surface area contributed by atoms with E-state index >= 15 is 0 Å². The Labute approximate surface area is 141 Å². The minimum Gasteiger partial charge on any atom is -0.497 e. The summed E-state index contributed by atoms with van der Waals surface area (Å²) >= 11 is 0. The van der Waals surface area contributed by atoms with Crippen molar-refractivity contribution in [2.45, 2.75) is 37.8 Å². The number of carbonyl (C=O) groups is 1. The number of hydrogen-bond donors (Lipinski definition) is 2. The van der Waals surface area contributed by atoms with E-state index in [-0.39, 0.29) is 23.8 Å². The number of benzene rings is 1. The lowest BCUT2D eigenvalue weighted by molar-refractivity contribution is -0.123. The van der Waals surface area contributed by atoms with E-state index in [4.69, 9.17) is 9.15 Å². The number of furan rings is 1. The monoisotopic (exact) mass is 329 g/mol. The predicted molar refractivity (Wildman–Crippen MR) is 89.7 cm³/mol. The molecule has 1 aromatic heterocycles. The van der Waals surface area contributed by atoms with Gasteiger partial charge in [0.25, 0.3) is 0 Å². The number of aliphatic hydroxyl groups is 1.